The summed E-state index contributed by atoms with van der Waals surface area (Å²) < 4.78 is 10.0. The van der Waals surface area contributed by atoms with Crippen molar-refractivity contribution in [3.05, 3.63) is 42.5 Å². The molecular weight excluding hydrogens is 216 g/mol. The third-order valence-corrected chi connectivity index (χ3v) is 2.64. The normalized spacial score (nSPS) is 11.6. The minimum absolute atomic E-state index is 0.200. The monoisotopic (exact) mass is 234 g/mol. The number of benzene rings is 1. The van der Waals surface area contributed by atoms with Crippen molar-refractivity contribution in [1.29, 1.82) is 0 Å². The van der Waals surface area contributed by atoms with Crippen molar-refractivity contribution < 1.29 is 14.3 Å². The first-order valence-electron chi connectivity index (χ1n) is 5.53. The van der Waals surface area contributed by atoms with Gasteiger partial charge in [0.05, 0.1) is 20.1 Å². The van der Waals surface area contributed by atoms with Crippen LogP contribution in [0.2, 0.25) is 0 Å². The fraction of sp³-hybridized carbons (Fsp3) is 0.357. The number of carbonyl (C=O) groups excluding carboxylic acids is 1. The molecule has 0 unspecified atom stereocenters. The molecule has 0 aliphatic carbocycles. The molecule has 92 valence electrons. The Morgan fingerprint density at radius 1 is 1.41 bits per heavy atom. The number of hydrogen-bond acceptors (Lipinski definition) is 3. The molecule has 0 fully saturated rings. The Labute approximate surface area is 102 Å². The van der Waals surface area contributed by atoms with Gasteiger partial charge in [-0.25, -0.2) is 0 Å². The number of allylic oxidation sites excluding steroid dienone is 1. The maximum atomic E-state index is 11.6. The van der Waals surface area contributed by atoms with Crippen LogP contribution in [0.5, 0.6) is 5.75 Å². The van der Waals surface area contributed by atoms with E-state index in [0.717, 1.165) is 11.3 Å². The van der Waals surface area contributed by atoms with Gasteiger partial charge in [0.25, 0.3) is 0 Å². The molecule has 0 radical (unpaired) electrons. The second-order valence-corrected chi connectivity index (χ2v) is 3.76. The molecule has 17 heavy (non-hydrogen) atoms. The Morgan fingerprint density at radius 3 is 2.71 bits per heavy atom. The largest absolute Gasteiger partial charge is 0.496 e. The minimum atomic E-state index is -0.212. The molecule has 1 rings (SSSR count). The van der Waals surface area contributed by atoms with Gasteiger partial charge in [-0.1, -0.05) is 24.3 Å². The van der Waals surface area contributed by atoms with Crippen molar-refractivity contribution in [2.75, 3.05) is 14.2 Å². The molecule has 0 aliphatic heterocycles. The summed E-state index contributed by atoms with van der Waals surface area (Å²) in [4.78, 5) is 11.6. The first-order chi connectivity index (χ1) is 8.22. The van der Waals surface area contributed by atoms with Gasteiger partial charge in [-0.05, 0) is 24.5 Å². The van der Waals surface area contributed by atoms with Gasteiger partial charge in [0.1, 0.15) is 5.75 Å². The van der Waals surface area contributed by atoms with Crippen LogP contribution in [0.3, 0.4) is 0 Å². The molecular formula is C14H18O3. The zero-order valence-electron chi connectivity index (χ0n) is 10.3. The van der Waals surface area contributed by atoms with Crippen molar-refractivity contribution in [3.63, 3.8) is 0 Å². The molecule has 0 saturated heterocycles. The molecule has 0 saturated carbocycles. The molecule has 1 aromatic rings. The van der Waals surface area contributed by atoms with Crippen LogP contribution < -0.4 is 4.74 Å². The van der Waals surface area contributed by atoms with Gasteiger partial charge in [0.15, 0.2) is 0 Å². The number of rotatable bonds is 6. The average Bonchev–Trinajstić information content (AvgIpc) is 2.38. The number of esters is 1. The van der Waals surface area contributed by atoms with Crippen LogP contribution in [-0.4, -0.2) is 20.2 Å². The van der Waals surface area contributed by atoms with E-state index in [0.29, 0.717) is 12.8 Å². The Balaban J connectivity index is 2.85. The van der Waals surface area contributed by atoms with Crippen LogP contribution in [0.4, 0.5) is 0 Å². The molecule has 0 aliphatic rings. The summed E-state index contributed by atoms with van der Waals surface area (Å²) in [6.07, 6.45) is 2.93. The van der Waals surface area contributed by atoms with Gasteiger partial charge in [0.2, 0.25) is 0 Å². The maximum absolute atomic E-state index is 11.6. The van der Waals surface area contributed by atoms with Crippen LogP contribution in [-0.2, 0) is 16.0 Å². The predicted molar refractivity (Wildman–Crippen MR) is 67.0 cm³/mol. The average molecular weight is 234 g/mol. The number of methoxy groups -OCH3 is 2. The third kappa shape index (κ3) is 3.63. The summed E-state index contributed by atoms with van der Waals surface area (Å²) in [6.45, 7) is 3.66. The van der Waals surface area contributed by atoms with Crippen molar-refractivity contribution in [2.45, 2.75) is 12.8 Å². The molecule has 3 nitrogen and oxygen atoms in total. The Morgan fingerprint density at radius 2 is 2.12 bits per heavy atom. The van der Waals surface area contributed by atoms with E-state index in [4.69, 9.17) is 9.47 Å². The van der Waals surface area contributed by atoms with Gasteiger partial charge in [0, 0.05) is 0 Å². The van der Waals surface area contributed by atoms with E-state index in [1.807, 2.05) is 24.3 Å². The first kappa shape index (κ1) is 13.3. The summed E-state index contributed by atoms with van der Waals surface area (Å²) in [6, 6.07) is 7.68. The highest BCUT2D eigenvalue weighted by atomic mass is 16.5. The highest BCUT2D eigenvalue weighted by molar-refractivity contribution is 5.73. The molecule has 0 spiro atoms. The van der Waals surface area contributed by atoms with Crippen LogP contribution >= 0.6 is 0 Å². The van der Waals surface area contributed by atoms with E-state index in [2.05, 4.69) is 6.58 Å². The molecule has 0 N–H and O–H groups in total. The van der Waals surface area contributed by atoms with Gasteiger partial charge in [-0.15, -0.1) is 6.58 Å². The summed E-state index contributed by atoms with van der Waals surface area (Å²) in [5.74, 6) is 0.384. The topological polar surface area (TPSA) is 35.5 Å². The van der Waals surface area contributed by atoms with E-state index < -0.39 is 0 Å². The molecule has 3 heteroatoms. The zero-order chi connectivity index (χ0) is 12.7. The lowest BCUT2D eigenvalue weighted by Crippen LogP contribution is -2.18. The van der Waals surface area contributed by atoms with E-state index >= 15 is 0 Å². The fourth-order valence-corrected chi connectivity index (χ4v) is 1.77. The van der Waals surface area contributed by atoms with Crippen molar-refractivity contribution in [3.8, 4) is 5.75 Å². The molecule has 0 amide bonds. The van der Waals surface area contributed by atoms with E-state index in [9.17, 15) is 4.79 Å². The first-order valence-corrected chi connectivity index (χ1v) is 5.53. The second kappa shape index (κ2) is 6.74. The molecule has 1 aromatic carbocycles. The van der Waals surface area contributed by atoms with E-state index in [1.165, 1.54) is 7.11 Å². The summed E-state index contributed by atoms with van der Waals surface area (Å²) in [5.41, 5.74) is 1.01. The summed E-state index contributed by atoms with van der Waals surface area (Å²) >= 11 is 0. The highest BCUT2D eigenvalue weighted by Crippen LogP contribution is 2.23. The minimum Gasteiger partial charge on any atom is -0.496 e. The predicted octanol–water partition coefficient (Wildman–Crippen LogP) is 2.60. The molecule has 0 bridgehead atoms. The fourth-order valence-electron chi connectivity index (χ4n) is 1.77. The van der Waals surface area contributed by atoms with Gasteiger partial charge in [-0.3, -0.25) is 4.79 Å². The highest BCUT2D eigenvalue weighted by Gasteiger charge is 2.19. The van der Waals surface area contributed by atoms with Crippen molar-refractivity contribution in [1.82, 2.24) is 0 Å². The van der Waals surface area contributed by atoms with Crippen LogP contribution in [0.25, 0.3) is 0 Å². The molecule has 0 aromatic heterocycles. The Bertz CT molecular complexity index is 385. The number of hydrogen-bond donors (Lipinski definition) is 0. The lowest BCUT2D eigenvalue weighted by Gasteiger charge is -2.14. The van der Waals surface area contributed by atoms with E-state index in [-0.39, 0.29) is 11.9 Å². The zero-order valence-corrected chi connectivity index (χ0v) is 10.3. The molecule has 1 atom stereocenters. The standard InChI is InChI=1S/C14H18O3/c1-4-7-12(14(15)17-3)10-11-8-5-6-9-13(11)16-2/h4-6,8-9,12H,1,7,10H2,2-3H3/t12-/m1/s1. The van der Waals surface area contributed by atoms with Gasteiger partial charge >= 0.3 is 5.97 Å². The quantitative estimate of drug-likeness (QED) is 0.560. The SMILES string of the molecule is C=CC[C@H](Cc1ccccc1OC)C(=O)OC. The van der Waals surface area contributed by atoms with Crippen LogP contribution in [0.1, 0.15) is 12.0 Å². The van der Waals surface area contributed by atoms with Crippen molar-refractivity contribution in [2.24, 2.45) is 5.92 Å². The van der Waals surface area contributed by atoms with Gasteiger partial charge < -0.3 is 9.47 Å². The number of ether oxygens (including phenoxy) is 2. The van der Waals surface area contributed by atoms with E-state index in [1.54, 1.807) is 13.2 Å². The van der Waals surface area contributed by atoms with Crippen LogP contribution in [0.15, 0.2) is 36.9 Å². The smallest absolute Gasteiger partial charge is 0.309 e. The van der Waals surface area contributed by atoms with Crippen molar-refractivity contribution >= 4 is 5.97 Å². The lowest BCUT2D eigenvalue weighted by atomic mass is 9.96. The third-order valence-electron chi connectivity index (χ3n) is 2.64. The Kier molecular flexibility index (Phi) is 5.27. The number of carbonyl (C=O) groups is 1. The van der Waals surface area contributed by atoms with Crippen LogP contribution in [0, 0.1) is 5.92 Å². The lowest BCUT2D eigenvalue weighted by molar-refractivity contribution is -0.145. The molecule has 0 heterocycles. The summed E-state index contributed by atoms with van der Waals surface area (Å²) in [7, 11) is 3.03. The maximum Gasteiger partial charge on any atom is 0.309 e. The second-order valence-electron chi connectivity index (χ2n) is 3.76. The Hall–Kier alpha value is -1.77. The summed E-state index contributed by atoms with van der Waals surface area (Å²) in [5, 5.41) is 0. The number of para-hydroxylation sites is 1. The van der Waals surface area contributed by atoms with Gasteiger partial charge in [-0.2, -0.15) is 0 Å².